The Morgan fingerprint density at radius 2 is 1.33 bits per heavy atom. The number of rotatable bonds is 7. The maximum Gasteiger partial charge on any atom is 0.412 e. The number of carbonyl (C=O) groups is 4. The van der Waals surface area contributed by atoms with Gasteiger partial charge in [0.15, 0.2) is 11.5 Å². The lowest BCUT2D eigenvalue weighted by atomic mass is 10.2. The summed E-state index contributed by atoms with van der Waals surface area (Å²) in [6.07, 6.45) is 0.652. The summed E-state index contributed by atoms with van der Waals surface area (Å²) in [4.78, 5) is 53.4. The minimum Gasteiger partial charge on any atom is -0.460 e. The fourth-order valence-electron chi connectivity index (χ4n) is 3.85. The van der Waals surface area contributed by atoms with E-state index in [4.69, 9.17) is 18.3 Å². The number of aliphatic imine (C=N–C) groups is 1. The zero-order valence-corrected chi connectivity index (χ0v) is 27.0. The van der Waals surface area contributed by atoms with E-state index in [-0.39, 0.29) is 29.8 Å². The van der Waals surface area contributed by atoms with Gasteiger partial charge in [-0.25, -0.2) is 9.59 Å². The lowest BCUT2D eigenvalue weighted by Gasteiger charge is -2.19. The van der Waals surface area contributed by atoms with Gasteiger partial charge in [0.05, 0.1) is 6.61 Å². The molecule has 0 aliphatic carbocycles. The maximum atomic E-state index is 12.9. The Hall–Kier alpha value is -5.59. The van der Waals surface area contributed by atoms with Crippen LogP contribution in [0.1, 0.15) is 69.1 Å². The van der Waals surface area contributed by atoms with Crippen molar-refractivity contribution in [3.05, 3.63) is 72.5 Å². The van der Waals surface area contributed by atoms with E-state index in [0.29, 0.717) is 33.3 Å². The van der Waals surface area contributed by atoms with Crippen LogP contribution in [0.5, 0.6) is 0 Å². The lowest BCUT2D eigenvalue weighted by Crippen LogP contribution is -2.38. The number of furan rings is 2. The van der Waals surface area contributed by atoms with Crippen molar-refractivity contribution in [2.45, 2.75) is 53.6 Å². The van der Waals surface area contributed by atoms with Crippen LogP contribution in [0.15, 0.2) is 74.8 Å². The first kappa shape index (κ1) is 34.9. The predicted octanol–water partition coefficient (Wildman–Crippen LogP) is 6.58. The van der Waals surface area contributed by atoms with Crippen molar-refractivity contribution < 1.29 is 37.5 Å². The predicted molar refractivity (Wildman–Crippen MR) is 176 cm³/mol. The summed E-state index contributed by atoms with van der Waals surface area (Å²) in [7, 11) is 1.39. The summed E-state index contributed by atoms with van der Waals surface area (Å²) in [6.45, 7) is 15.0. The van der Waals surface area contributed by atoms with Crippen molar-refractivity contribution in [3.8, 4) is 0 Å². The van der Waals surface area contributed by atoms with Gasteiger partial charge in [0.2, 0.25) is 5.84 Å². The molecule has 4 aromatic rings. The number of esters is 1. The van der Waals surface area contributed by atoms with E-state index in [0.717, 1.165) is 0 Å². The highest BCUT2D eigenvalue weighted by atomic mass is 16.6. The first-order valence-electron chi connectivity index (χ1n) is 14.6. The number of anilines is 2. The molecule has 13 nitrogen and oxygen atoms in total. The topological polar surface area (TPSA) is 173 Å². The van der Waals surface area contributed by atoms with Crippen LogP contribution < -0.4 is 21.3 Å². The van der Waals surface area contributed by atoms with Crippen LogP contribution in [-0.2, 0) is 14.3 Å². The van der Waals surface area contributed by atoms with Crippen LogP contribution in [0.3, 0.4) is 0 Å². The molecular weight excluding hydrogens is 594 g/mol. The standard InChI is InChI=1S/C30H31N5O8.C3H8/c1-7-40-28(38)25(31-6)32-16(2)33-26(36)23-14-17-12-19(8-10-21(17)41-23)34-27(37)24-15-18-13-20(9-11-22(18)42-24)35-29(39)43-30(3,4)5;1-3-2/h8-15H,2,7H2,1,3-6H3,(H,31,32)(H,33,36)(H,34,37)(H,35,39);3H2,1-2H3. The van der Waals surface area contributed by atoms with E-state index in [1.165, 1.54) is 19.5 Å². The van der Waals surface area contributed by atoms with E-state index >= 15 is 0 Å². The number of hydrogen-bond donors (Lipinski definition) is 4. The second-order valence-electron chi connectivity index (χ2n) is 10.9. The number of benzene rings is 2. The number of ether oxygens (including phenoxy) is 2. The first-order valence-corrected chi connectivity index (χ1v) is 14.6. The van der Waals surface area contributed by atoms with E-state index < -0.39 is 29.5 Å². The molecule has 0 unspecified atom stereocenters. The summed E-state index contributed by atoms with van der Waals surface area (Å²) in [6, 6.07) is 12.8. The molecule has 3 amide bonds. The van der Waals surface area contributed by atoms with Crippen molar-refractivity contribution in [3.63, 3.8) is 0 Å². The summed E-state index contributed by atoms with van der Waals surface area (Å²) in [5.41, 5.74) is 1.13. The zero-order valence-electron chi connectivity index (χ0n) is 27.0. The summed E-state index contributed by atoms with van der Waals surface area (Å²) >= 11 is 0. The Labute approximate surface area is 266 Å². The van der Waals surface area contributed by atoms with Crippen molar-refractivity contribution in [2.75, 3.05) is 24.3 Å². The SMILES string of the molecule is C=C(NC(=O)c1cc2cc(NC(=O)c3cc4cc(NC(=O)OC(C)(C)C)ccc4o3)ccc2o1)NC(=NC)C(=O)OCC.CCC. The fraction of sp³-hybridized carbons (Fsp3) is 0.303. The number of amides is 3. The monoisotopic (exact) mass is 633 g/mol. The molecule has 0 radical (unpaired) electrons. The summed E-state index contributed by atoms with van der Waals surface area (Å²) in [5.74, 6) is -1.93. The Bertz CT molecular complexity index is 1780. The van der Waals surface area contributed by atoms with Crippen molar-refractivity contribution in [1.29, 1.82) is 0 Å². The second kappa shape index (κ2) is 15.4. The van der Waals surface area contributed by atoms with Gasteiger partial charge in [0.1, 0.15) is 22.6 Å². The minimum atomic E-state index is -0.693. The van der Waals surface area contributed by atoms with Gasteiger partial charge in [-0.3, -0.25) is 19.9 Å². The molecule has 46 heavy (non-hydrogen) atoms. The number of nitrogens with zero attached hydrogens (tertiary/aromatic N) is 1. The average Bonchev–Trinajstić information content (AvgIpc) is 3.59. The lowest BCUT2D eigenvalue weighted by molar-refractivity contribution is -0.135. The molecule has 0 spiro atoms. The summed E-state index contributed by atoms with van der Waals surface area (Å²) < 4.78 is 21.5. The van der Waals surface area contributed by atoms with Crippen LogP contribution >= 0.6 is 0 Å². The second-order valence-corrected chi connectivity index (χ2v) is 10.9. The van der Waals surface area contributed by atoms with Gasteiger partial charge in [-0.2, -0.15) is 0 Å². The number of amidine groups is 1. The molecule has 4 N–H and O–H groups in total. The number of nitrogens with one attached hydrogen (secondary N) is 4. The molecule has 0 aliphatic rings. The van der Waals surface area contributed by atoms with E-state index in [1.807, 2.05) is 0 Å². The minimum absolute atomic E-state index is 0.00867. The number of fused-ring (bicyclic) bond motifs is 2. The van der Waals surface area contributed by atoms with Crippen LogP contribution in [-0.4, -0.2) is 49.0 Å². The molecule has 0 atom stereocenters. The number of hydrogen-bond acceptors (Lipinski definition) is 9. The Morgan fingerprint density at radius 1 is 0.804 bits per heavy atom. The van der Waals surface area contributed by atoms with Crippen molar-refractivity contribution >= 4 is 63.0 Å². The van der Waals surface area contributed by atoms with Gasteiger partial charge in [-0.1, -0.05) is 26.8 Å². The molecule has 2 heterocycles. The first-order chi connectivity index (χ1) is 21.8. The molecule has 244 valence electrons. The Morgan fingerprint density at radius 3 is 1.83 bits per heavy atom. The van der Waals surface area contributed by atoms with Crippen molar-refractivity contribution in [2.24, 2.45) is 4.99 Å². The maximum absolute atomic E-state index is 12.9. The van der Waals surface area contributed by atoms with E-state index in [1.54, 1.807) is 70.2 Å². The van der Waals surface area contributed by atoms with Crippen LogP contribution in [0, 0.1) is 0 Å². The zero-order chi connectivity index (χ0) is 34.0. The molecule has 2 aromatic heterocycles. The molecular formula is C33H39N5O8. The van der Waals surface area contributed by atoms with Gasteiger partial charge in [-0.15, -0.1) is 0 Å². The molecule has 0 fully saturated rings. The van der Waals surface area contributed by atoms with E-state index in [9.17, 15) is 19.2 Å². The number of carbonyl (C=O) groups excluding carboxylic acids is 4. The highest BCUT2D eigenvalue weighted by Gasteiger charge is 2.19. The normalized spacial score (nSPS) is 11.2. The largest absolute Gasteiger partial charge is 0.460 e. The summed E-state index contributed by atoms with van der Waals surface area (Å²) in [5, 5.41) is 11.6. The van der Waals surface area contributed by atoms with Crippen LogP contribution in [0.2, 0.25) is 0 Å². The molecule has 0 saturated carbocycles. The molecule has 0 bridgehead atoms. The third-order valence-corrected chi connectivity index (χ3v) is 5.61. The molecule has 0 saturated heterocycles. The van der Waals surface area contributed by atoms with Crippen molar-refractivity contribution in [1.82, 2.24) is 10.6 Å². The van der Waals surface area contributed by atoms with Gasteiger partial charge < -0.3 is 34.3 Å². The van der Waals surface area contributed by atoms with Gasteiger partial charge in [-0.05, 0) is 76.2 Å². The molecule has 0 aliphatic heterocycles. The molecule has 2 aromatic carbocycles. The van der Waals surface area contributed by atoms with Crippen LogP contribution in [0.25, 0.3) is 21.9 Å². The van der Waals surface area contributed by atoms with Gasteiger partial charge in [0, 0.05) is 29.2 Å². The van der Waals surface area contributed by atoms with Gasteiger partial charge in [0.25, 0.3) is 11.8 Å². The van der Waals surface area contributed by atoms with Gasteiger partial charge >= 0.3 is 12.1 Å². The molecule has 13 heteroatoms. The smallest absolute Gasteiger partial charge is 0.412 e. The third-order valence-electron chi connectivity index (χ3n) is 5.61. The van der Waals surface area contributed by atoms with Crippen LogP contribution in [0.4, 0.5) is 16.2 Å². The highest BCUT2D eigenvalue weighted by molar-refractivity contribution is 6.35. The Balaban J connectivity index is 0.00000185. The quantitative estimate of drug-likeness (QED) is 0.0996. The third kappa shape index (κ3) is 9.71. The Kier molecular flexibility index (Phi) is 11.7. The fourth-order valence-corrected chi connectivity index (χ4v) is 3.85. The molecule has 4 rings (SSSR count). The average molecular weight is 634 g/mol. The highest BCUT2D eigenvalue weighted by Crippen LogP contribution is 2.26. The van der Waals surface area contributed by atoms with E-state index in [2.05, 4.69) is 46.7 Å².